The number of imide groups is 1. The van der Waals surface area contributed by atoms with E-state index in [2.05, 4.69) is 16.0 Å². The van der Waals surface area contributed by atoms with Gasteiger partial charge in [-0.15, -0.1) is 11.8 Å². The lowest BCUT2D eigenvalue weighted by Gasteiger charge is -2.23. The molecule has 30 heavy (non-hydrogen) atoms. The Morgan fingerprint density at radius 3 is 2.40 bits per heavy atom. The van der Waals surface area contributed by atoms with E-state index in [1.165, 1.54) is 11.8 Å². The third-order valence-corrected chi connectivity index (χ3v) is 5.48. The van der Waals surface area contributed by atoms with Crippen molar-refractivity contribution >= 4 is 41.0 Å². The average Bonchev–Trinajstić information content (AvgIpc) is 2.69. The standard InChI is InChI=1S/C22H28N4O3S/c1-14-10-11-17(15(2)12-14)24-22(29)25-21(28)16(3)26(4)13-20(27)23-18-8-6-7-9-19(18)30-5/h6-12,16H,13H2,1-5H3,(H,23,27)(H2,24,25,28,29). The zero-order chi connectivity index (χ0) is 22.3. The third-order valence-electron chi connectivity index (χ3n) is 4.68. The highest BCUT2D eigenvalue weighted by Crippen LogP contribution is 2.24. The summed E-state index contributed by atoms with van der Waals surface area (Å²) in [6, 6.07) is 11.9. The van der Waals surface area contributed by atoms with Gasteiger partial charge in [-0.1, -0.05) is 29.8 Å². The van der Waals surface area contributed by atoms with Crippen molar-refractivity contribution in [2.24, 2.45) is 0 Å². The summed E-state index contributed by atoms with van der Waals surface area (Å²) in [5, 5.41) is 7.86. The van der Waals surface area contributed by atoms with E-state index >= 15 is 0 Å². The molecule has 2 rings (SSSR count). The summed E-state index contributed by atoms with van der Waals surface area (Å²) in [5.74, 6) is -0.726. The quantitative estimate of drug-likeness (QED) is 0.586. The van der Waals surface area contributed by atoms with Gasteiger partial charge in [0.15, 0.2) is 0 Å². The van der Waals surface area contributed by atoms with Crippen LogP contribution in [0.5, 0.6) is 0 Å². The van der Waals surface area contributed by atoms with Gasteiger partial charge in [0.25, 0.3) is 0 Å². The topological polar surface area (TPSA) is 90.5 Å². The van der Waals surface area contributed by atoms with Crippen LogP contribution in [0, 0.1) is 13.8 Å². The number of benzene rings is 2. The number of thioether (sulfide) groups is 1. The van der Waals surface area contributed by atoms with E-state index in [0.717, 1.165) is 21.7 Å². The molecule has 0 aliphatic heterocycles. The maximum atomic E-state index is 12.4. The van der Waals surface area contributed by atoms with Crippen LogP contribution in [-0.2, 0) is 9.59 Å². The van der Waals surface area contributed by atoms with Crippen LogP contribution >= 0.6 is 11.8 Å². The number of nitrogens with one attached hydrogen (secondary N) is 3. The molecule has 1 atom stereocenters. The minimum Gasteiger partial charge on any atom is -0.324 e. The normalized spacial score (nSPS) is 11.7. The van der Waals surface area contributed by atoms with Gasteiger partial charge in [0.2, 0.25) is 11.8 Å². The molecule has 3 N–H and O–H groups in total. The molecule has 0 fully saturated rings. The summed E-state index contributed by atoms with van der Waals surface area (Å²) in [7, 11) is 1.66. The number of nitrogens with zero attached hydrogens (tertiary/aromatic N) is 1. The Morgan fingerprint density at radius 1 is 1.03 bits per heavy atom. The fourth-order valence-electron chi connectivity index (χ4n) is 2.83. The molecule has 0 heterocycles. The zero-order valence-corrected chi connectivity index (χ0v) is 18.7. The van der Waals surface area contributed by atoms with Gasteiger partial charge in [-0.25, -0.2) is 4.79 Å². The fourth-order valence-corrected chi connectivity index (χ4v) is 3.38. The number of hydrogen-bond acceptors (Lipinski definition) is 5. The number of para-hydroxylation sites is 1. The number of carbonyl (C=O) groups is 3. The lowest BCUT2D eigenvalue weighted by Crippen LogP contribution is -2.48. The second-order valence-corrected chi connectivity index (χ2v) is 7.95. The van der Waals surface area contributed by atoms with E-state index < -0.39 is 18.0 Å². The second kappa shape index (κ2) is 10.8. The molecule has 0 aromatic heterocycles. The highest BCUT2D eigenvalue weighted by atomic mass is 32.2. The van der Waals surface area contributed by atoms with Gasteiger partial charge >= 0.3 is 6.03 Å². The number of carbonyl (C=O) groups excluding carboxylic acids is 3. The Balaban J connectivity index is 1.88. The fraction of sp³-hybridized carbons (Fsp3) is 0.318. The summed E-state index contributed by atoms with van der Waals surface area (Å²) < 4.78 is 0. The molecule has 2 aromatic rings. The van der Waals surface area contributed by atoms with Gasteiger partial charge in [0, 0.05) is 10.6 Å². The Bertz CT molecular complexity index is 932. The first-order chi connectivity index (χ1) is 14.2. The molecule has 1 unspecified atom stereocenters. The summed E-state index contributed by atoms with van der Waals surface area (Å²) in [4.78, 5) is 39.5. The molecule has 0 spiro atoms. The SMILES string of the molecule is CSc1ccccc1NC(=O)CN(C)C(C)C(=O)NC(=O)Nc1ccc(C)cc1C. The van der Waals surface area contributed by atoms with Crippen molar-refractivity contribution in [1.82, 2.24) is 10.2 Å². The number of rotatable bonds is 7. The van der Waals surface area contributed by atoms with Crippen molar-refractivity contribution < 1.29 is 14.4 Å². The van der Waals surface area contributed by atoms with Crippen LogP contribution in [0.3, 0.4) is 0 Å². The number of likely N-dealkylation sites (N-methyl/N-ethyl adjacent to an activating group) is 1. The van der Waals surface area contributed by atoms with Gasteiger partial charge in [-0.2, -0.15) is 0 Å². The monoisotopic (exact) mass is 428 g/mol. The minimum absolute atomic E-state index is 0.00991. The lowest BCUT2D eigenvalue weighted by atomic mass is 10.1. The molecule has 0 saturated carbocycles. The van der Waals surface area contributed by atoms with Crippen LogP contribution < -0.4 is 16.0 Å². The van der Waals surface area contributed by atoms with Gasteiger partial charge < -0.3 is 10.6 Å². The Labute approximate surface area is 181 Å². The van der Waals surface area contributed by atoms with Crippen LogP contribution in [0.2, 0.25) is 0 Å². The Hall–Kier alpha value is -2.84. The first-order valence-electron chi connectivity index (χ1n) is 9.53. The largest absolute Gasteiger partial charge is 0.325 e. The smallest absolute Gasteiger partial charge is 0.324 e. The highest BCUT2D eigenvalue weighted by molar-refractivity contribution is 7.98. The summed E-state index contributed by atoms with van der Waals surface area (Å²) >= 11 is 1.54. The number of urea groups is 1. The molecule has 7 nitrogen and oxygen atoms in total. The predicted octanol–water partition coefficient (Wildman–Crippen LogP) is 3.63. The van der Waals surface area contributed by atoms with Gasteiger partial charge in [0.05, 0.1) is 18.3 Å². The van der Waals surface area contributed by atoms with Gasteiger partial charge in [0.1, 0.15) is 0 Å². The molecule has 0 radical (unpaired) electrons. The number of anilines is 2. The minimum atomic E-state index is -0.670. The molecule has 4 amide bonds. The van der Waals surface area contributed by atoms with Crippen LogP contribution in [0.15, 0.2) is 47.4 Å². The number of hydrogen-bond donors (Lipinski definition) is 3. The van der Waals surface area contributed by atoms with Crippen LogP contribution in [-0.4, -0.2) is 48.6 Å². The van der Waals surface area contributed by atoms with Crippen LogP contribution in [0.25, 0.3) is 0 Å². The molecule has 0 aliphatic rings. The van der Waals surface area contributed by atoms with Crippen molar-refractivity contribution in [2.45, 2.75) is 31.7 Å². The molecule has 8 heteroatoms. The summed E-state index contributed by atoms with van der Waals surface area (Å²) in [6.07, 6.45) is 1.94. The summed E-state index contributed by atoms with van der Waals surface area (Å²) in [5.41, 5.74) is 3.36. The molecule has 0 saturated heterocycles. The van der Waals surface area contributed by atoms with Crippen molar-refractivity contribution in [3.8, 4) is 0 Å². The van der Waals surface area contributed by atoms with Crippen molar-refractivity contribution in [3.63, 3.8) is 0 Å². The van der Waals surface area contributed by atoms with E-state index in [4.69, 9.17) is 0 Å². The molecular formula is C22H28N4O3S. The van der Waals surface area contributed by atoms with E-state index in [1.54, 1.807) is 24.9 Å². The second-order valence-electron chi connectivity index (χ2n) is 7.10. The van der Waals surface area contributed by atoms with Gasteiger partial charge in [-0.05, 0) is 57.8 Å². The first kappa shape index (κ1) is 23.4. The maximum absolute atomic E-state index is 12.4. The molecule has 2 aromatic carbocycles. The first-order valence-corrected chi connectivity index (χ1v) is 10.8. The lowest BCUT2D eigenvalue weighted by molar-refractivity contribution is -0.125. The van der Waals surface area contributed by atoms with Gasteiger partial charge in [-0.3, -0.25) is 19.8 Å². The van der Waals surface area contributed by atoms with Crippen LogP contribution in [0.1, 0.15) is 18.1 Å². The molecule has 0 aliphatic carbocycles. The summed E-state index contributed by atoms with van der Waals surface area (Å²) in [6.45, 7) is 5.50. The highest BCUT2D eigenvalue weighted by Gasteiger charge is 2.22. The maximum Gasteiger partial charge on any atom is 0.325 e. The molecular weight excluding hydrogens is 400 g/mol. The predicted molar refractivity (Wildman–Crippen MR) is 122 cm³/mol. The van der Waals surface area contributed by atoms with E-state index in [-0.39, 0.29) is 12.5 Å². The average molecular weight is 429 g/mol. The Kier molecular flexibility index (Phi) is 8.44. The van der Waals surface area contributed by atoms with E-state index in [0.29, 0.717) is 5.69 Å². The number of amides is 4. The zero-order valence-electron chi connectivity index (χ0n) is 17.9. The van der Waals surface area contributed by atoms with Crippen molar-refractivity contribution in [2.75, 3.05) is 30.5 Å². The van der Waals surface area contributed by atoms with Crippen molar-refractivity contribution in [1.29, 1.82) is 0 Å². The van der Waals surface area contributed by atoms with E-state index in [9.17, 15) is 14.4 Å². The molecule has 0 bridgehead atoms. The van der Waals surface area contributed by atoms with Crippen LogP contribution in [0.4, 0.5) is 16.2 Å². The number of aryl methyl sites for hydroxylation is 2. The van der Waals surface area contributed by atoms with E-state index in [1.807, 2.05) is 56.5 Å². The third kappa shape index (κ3) is 6.60. The Morgan fingerprint density at radius 2 is 1.73 bits per heavy atom. The van der Waals surface area contributed by atoms with Crippen molar-refractivity contribution in [3.05, 3.63) is 53.6 Å². The molecule has 160 valence electrons.